The van der Waals surface area contributed by atoms with E-state index in [1.54, 1.807) is 25.1 Å². The van der Waals surface area contributed by atoms with Gasteiger partial charge in [-0.25, -0.2) is 9.37 Å². The third-order valence-corrected chi connectivity index (χ3v) is 2.47. The number of halogens is 1. The van der Waals surface area contributed by atoms with E-state index >= 15 is 0 Å². The van der Waals surface area contributed by atoms with Gasteiger partial charge in [0, 0.05) is 0 Å². The van der Waals surface area contributed by atoms with E-state index in [4.69, 9.17) is 15.7 Å². The summed E-state index contributed by atoms with van der Waals surface area (Å²) in [4.78, 5) is 3.98. The molecule has 3 N–H and O–H groups in total. The number of nitrogens with two attached hydrogens (primary N) is 1. The van der Waals surface area contributed by atoms with Crippen LogP contribution in [0.15, 0.2) is 41.7 Å². The number of benzene rings is 1. The molecule has 5 nitrogen and oxygen atoms in total. The summed E-state index contributed by atoms with van der Waals surface area (Å²) in [6, 6.07) is 7.43. The van der Waals surface area contributed by atoms with Crippen LogP contribution in [0.4, 0.5) is 4.39 Å². The molecule has 0 aliphatic rings. The first-order chi connectivity index (χ1) is 9.10. The van der Waals surface area contributed by atoms with Crippen LogP contribution < -0.4 is 10.5 Å². The largest absolute Gasteiger partial charge is 0.455 e. The normalized spacial score (nSPS) is 11.4. The molecule has 1 aromatic carbocycles. The molecular formula is C13H12FN3O2. The van der Waals surface area contributed by atoms with E-state index in [1.165, 1.54) is 18.3 Å². The predicted octanol–water partition coefficient (Wildman–Crippen LogP) is 2.42. The minimum Gasteiger partial charge on any atom is -0.455 e. The number of ether oxygens (including phenoxy) is 1. The maximum Gasteiger partial charge on any atom is 0.188 e. The smallest absolute Gasteiger partial charge is 0.188 e. The van der Waals surface area contributed by atoms with Crippen LogP contribution in [-0.2, 0) is 0 Å². The number of aromatic nitrogens is 1. The van der Waals surface area contributed by atoms with Crippen molar-refractivity contribution in [2.75, 3.05) is 0 Å². The fourth-order valence-corrected chi connectivity index (χ4v) is 1.50. The number of aryl methyl sites for hydroxylation is 1. The average Bonchev–Trinajstić information content (AvgIpc) is 2.42. The molecule has 1 heterocycles. The van der Waals surface area contributed by atoms with Crippen molar-refractivity contribution in [2.24, 2.45) is 10.9 Å². The van der Waals surface area contributed by atoms with Crippen molar-refractivity contribution in [1.82, 2.24) is 4.98 Å². The van der Waals surface area contributed by atoms with Crippen LogP contribution in [0.3, 0.4) is 0 Å². The summed E-state index contributed by atoms with van der Waals surface area (Å²) in [5.41, 5.74) is 6.41. The SMILES string of the molecule is Cc1cc(F)ccc1Oc1ccc(/C(N)=N/O)nc1. The zero-order chi connectivity index (χ0) is 13.8. The molecule has 1 aromatic heterocycles. The van der Waals surface area contributed by atoms with Gasteiger partial charge in [-0.05, 0) is 42.8 Å². The van der Waals surface area contributed by atoms with Gasteiger partial charge in [-0.2, -0.15) is 0 Å². The molecule has 0 atom stereocenters. The summed E-state index contributed by atoms with van der Waals surface area (Å²) in [6.07, 6.45) is 1.44. The molecule has 98 valence electrons. The van der Waals surface area contributed by atoms with Gasteiger partial charge in [0.2, 0.25) is 0 Å². The molecule has 0 saturated carbocycles. The van der Waals surface area contributed by atoms with Crippen molar-refractivity contribution in [3.05, 3.63) is 53.6 Å². The van der Waals surface area contributed by atoms with Gasteiger partial charge in [0.05, 0.1) is 6.20 Å². The first-order valence-electron chi connectivity index (χ1n) is 5.48. The lowest BCUT2D eigenvalue weighted by atomic mass is 10.2. The van der Waals surface area contributed by atoms with E-state index in [1.807, 2.05) is 0 Å². The zero-order valence-corrected chi connectivity index (χ0v) is 10.2. The molecule has 0 saturated heterocycles. The minimum absolute atomic E-state index is 0.0792. The van der Waals surface area contributed by atoms with E-state index in [2.05, 4.69) is 10.1 Å². The second-order valence-corrected chi connectivity index (χ2v) is 3.88. The lowest BCUT2D eigenvalue weighted by Gasteiger charge is -2.08. The molecule has 2 aromatic rings. The monoisotopic (exact) mass is 261 g/mol. The van der Waals surface area contributed by atoms with Gasteiger partial charge in [0.25, 0.3) is 0 Å². The Kier molecular flexibility index (Phi) is 3.61. The first-order valence-corrected chi connectivity index (χ1v) is 5.48. The number of oxime groups is 1. The maximum absolute atomic E-state index is 12.9. The lowest BCUT2D eigenvalue weighted by Crippen LogP contribution is -2.14. The molecule has 6 heteroatoms. The number of pyridine rings is 1. The molecular weight excluding hydrogens is 249 g/mol. The quantitative estimate of drug-likeness (QED) is 0.385. The van der Waals surface area contributed by atoms with Gasteiger partial charge in [0.1, 0.15) is 23.0 Å². The maximum atomic E-state index is 12.9. The average molecular weight is 261 g/mol. The Bertz CT molecular complexity index is 612. The summed E-state index contributed by atoms with van der Waals surface area (Å²) in [5.74, 6) is 0.624. The Morgan fingerprint density at radius 3 is 2.74 bits per heavy atom. The van der Waals surface area contributed by atoms with Crippen LogP contribution in [0.5, 0.6) is 11.5 Å². The number of hydrogen-bond donors (Lipinski definition) is 2. The zero-order valence-electron chi connectivity index (χ0n) is 10.2. The van der Waals surface area contributed by atoms with Gasteiger partial charge in [-0.3, -0.25) is 0 Å². The minimum atomic E-state index is -0.315. The molecule has 0 amide bonds. The van der Waals surface area contributed by atoms with Gasteiger partial charge in [-0.1, -0.05) is 5.16 Å². The fraction of sp³-hybridized carbons (Fsp3) is 0.0769. The van der Waals surface area contributed by atoms with Crippen LogP contribution >= 0.6 is 0 Å². The highest BCUT2D eigenvalue weighted by Crippen LogP contribution is 2.24. The van der Waals surface area contributed by atoms with E-state index in [0.29, 0.717) is 22.8 Å². The highest BCUT2D eigenvalue weighted by molar-refractivity contribution is 5.95. The van der Waals surface area contributed by atoms with E-state index in [-0.39, 0.29) is 11.7 Å². The van der Waals surface area contributed by atoms with Crippen molar-refractivity contribution in [3.8, 4) is 11.5 Å². The summed E-state index contributed by atoms with van der Waals surface area (Å²) in [6.45, 7) is 1.75. The van der Waals surface area contributed by atoms with Crippen LogP contribution in [0.2, 0.25) is 0 Å². The van der Waals surface area contributed by atoms with Crippen molar-refractivity contribution in [2.45, 2.75) is 6.92 Å². The van der Waals surface area contributed by atoms with Crippen LogP contribution in [0.1, 0.15) is 11.3 Å². The molecule has 0 spiro atoms. The van der Waals surface area contributed by atoms with Crippen molar-refractivity contribution < 1.29 is 14.3 Å². The van der Waals surface area contributed by atoms with Gasteiger partial charge < -0.3 is 15.7 Å². The summed E-state index contributed by atoms with van der Waals surface area (Å²) < 4.78 is 18.5. The molecule has 0 bridgehead atoms. The van der Waals surface area contributed by atoms with Gasteiger partial charge in [0.15, 0.2) is 5.84 Å². The van der Waals surface area contributed by atoms with Crippen molar-refractivity contribution in [3.63, 3.8) is 0 Å². The van der Waals surface area contributed by atoms with Crippen LogP contribution in [0.25, 0.3) is 0 Å². The molecule has 0 aliphatic carbocycles. The Morgan fingerprint density at radius 2 is 2.16 bits per heavy atom. The highest BCUT2D eigenvalue weighted by Gasteiger charge is 2.05. The second kappa shape index (κ2) is 5.34. The predicted molar refractivity (Wildman–Crippen MR) is 68.0 cm³/mol. The number of rotatable bonds is 3. The van der Waals surface area contributed by atoms with Crippen LogP contribution in [-0.4, -0.2) is 16.0 Å². The Hall–Kier alpha value is -2.63. The first kappa shape index (κ1) is 12.8. The van der Waals surface area contributed by atoms with Crippen LogP contribution in [0, 0.1) is 12.7 Å². The Morgan fingerprint density at radius 1 is 1.37 bits per heavy atom. The van der Waals surface area contributed by atoms with Crippen molar-refractivity contribution >= 4 is 5.84 Å². The summed E-state index contributed by atoms with van der Waals surface area (Å²) in [5, 5.41) is 11.4. The van der Waals surface area contributed by atoms with Crippen molar-refractivity contribution in [1.29, 1.82) is 0 Å². The second-order valence-electron chi connectivity index (χ2n) is 3.88. The topological polar surface area (TPSA) is 80.7 Å². The summed E-state index contributed by atoms with van der Waals surface area (Å²) in [7, 11) is 0. The van der Waals surface area contributed by atoms with E-state index in [0.717, 1.165) is 0 Å². The number of nitrogens with zero attached hydrogens (tertiary/aromatic N) is 2. The lowest BCUT2D eigenvalue weighted by molar-refractivity contribution is 0.318. The van der Waals surface area contributed by atoms with E-state index < -0.39 is 0 Å². The summed E-state index contributed by atoms with van der Waals surface area (Å²) >= 11 is 0. The van der Waals surface area contributed by atoms with Gasteiger partial charge in [-0.15, -0.1) is 0 Å². The molecule has 0 fully saturated rings. The third kappa shape index (κ3) is 2.98. The number of hydrogen-bond acceptors (Lipinski definition) is 4. The molecule has 0 radical (unpaired) electrons. The molecule has 0 unspecified atom stereocenters. The molecule has 0 aliphatic heterocycles. The van der Waals surface area contributed by atoms with E-state index in [9.17, 15) is 4.39 Å². The Balaban J connectivity index is 2.20. The molecule has 2 rings (SSSR count). The third-order valence-electron chi connectivity index (χ3n) is 2.47. The standard InChI is InChI=1S/C13H12FN3O2/c1-8-6-9(14)2-5-12(8)19-10-3-4-11(16-7-10)13(15)17-18/h2-7,18H,1H3,(H2,15,17). The number of amidine groups is 1. The van der Waals surface area contributed by atoms with Gasteiger partial charge >= 0.3 is 0 Å². The molecule has 19 heavy (non-hydrogen) atoms. The fourth-order valence-electron chi connectivity index (χ4n) is 1.50. The highest BCUT2D eigenvalue weighted by atomic mass is 19.1. The Labute approximate surface area is 109 Å².